The van der Waals surface area contributed by atoms with Crippen LogP contribution in [0.2, 0.25) is 0 Å². The summed E-state index contributed by atoms with van der Waals surface area (Å²) in [6, 6.07) is 9.62. The molecule has 33 heavy (non-hydrogen) atoms. The first kappa shape index (κ1) is 25.5. The predicted octanol–water partition coefficient (Wildman–Crippen LogP) is 1.49. The van der Waals surface area contributed by atoms with Gasteiger partial charge in [0, 0.05) is 17.8 Å². The van der Waals surface area contributed by atoms with E-state index in [9.17, 15) is 19.5 Å². The first-order valence-corrected chi connectivity index (χ1v) is 10.4. The lowest BCUT2D eigenvalue weighted by molar-refractivity contribution is -0.138. The Morgan fingerprint density at radius 3 is 2.58 bits per heavy atom. The second kappa shape index (κ2) is 12.3. The lowest BCUT2D eigenvalue weighted by atomic mass is 9.98. The highest BCUT2D eigenvalue weighted by atomic mass is 79.9. The Bertz CT molecular complexity index is 1050. The maximum absolute atomic E-state index is 12.3. The number of aliphatic carboxylic acids is 1. The monoisotopic (exact) mass is 521 g/mol. The summed E-state index contributed by atoms with van der Waals surface area (Å²) in [5.74, 6) is 2.60. The van der Waals surface area contributed by atoms with Crippen molar-refractivity contribution in [2.24, 2.45) is 10.9 Å². The highest BCUT2D eigenvalue weighted by molar-refractivity contribution is 9.10. The van der Waals surface area contributed by atoms with Gasteiger partial charge < -0.3 is 36.4 Å². The smallest absolute Gasteiger partial charge is 0.312 e. The van der Waals surface area contributed by atoms with E-state index in [0.29, 0.717) is 32.8 Å². The van der Waals surface area contributed by atoms with Crippen molar-refractivity contribution < 1.29 is 29.0 Å². The summed E-state index contributed by atoms with van der Waals surface area (Å²) in [5.41, 5.74) is 1.31. The average molecular weight is 522 g/mol. The van der Waals surface area contributed by atoms with Crippen LogP contribution in [0.4, 0.5) is 5.69 Å². The number of carbonyl (C=O) groups excluding carboxylic acids is 2. The minimum Gasteiger partial charge on any atom is -0.493 e. The van der Waals surface area contributed by atoms with Gasteiger partial charge in [-0.3, -0.25) is 14.4 Å². The number of hydrazone groups is 1. The molecule has 0 spiro atoms. The Hall–Kier alpha value is -3.80. The third-order valence-corrected chi connectivity index (χ3v) is 5.09. The molecule has 0 aromatic heterocycles. The molecule has 0 bridgehead atoms. The largest absolute Gasteiger partial charge is 0.493 e. The fourth-order valence-electron chi connectivity index (χ4n) is 2.89. The lowest BCUT2D eigenvalue weighted by Gasteiger charge is -2.17. The molecule has 2 rings (SSSR count). The summed E-state index contributed by atoms with van der Waals surface area (Å²) < 4.78 is 11.0. The highest BCUT2D eigenvalue weighted by Crippen LogP contribution is 2.38. The highest BCUT2D eigenvalue weighted by Gasteiger charge is 2.24. The van der Waals surface area contributed by atoms with E-state index in [-0.39, 0.29) is 13.1 Å². The van der Waals surface area contributed by atoms with Crippen LogP contribution in [-0.2, 0) is 9.59 Å². The fraction of sp³-hybridized carbons (Fsp3) is 0.238. The Kier molecular flexibility index (Phi) is 9.48. The molecule has 0 aliphatic rings. The average Bonchev–Trinajstić information content (AvgIpc) is 2.80. The topological polar surface area (TPSA) is 164 Å². The SMILES string of the molecule is COc1cc(C(CNC(=O)CNC(=O)c2cccc(NC=NN)c2)C(=O)O)cc(Br)c1OC. The zero-order valence-electron chi connectivity index (χ0n) is 17.9. The van der Waals surface area contributed by atoms with Gasteiger partial charge in [-0.15, -0.1) is 0 Å². The van der Waals surface area contributed by atoms with Crippen molar-refractivity contribution in [1.29, 1.82) is 0 Å². The number of anilines is 1. The van der Waals surface area contributed by atoms with Crippen LogP contribution in [0.3, 0.4) is 0 Å². The first-order valence-electron chi connectivity index (χ1n) is 9.58. The molecule has 2 amide bonds. The molecular weight excluding hydrogens is 498 g/mol. The summed E-state index contributed by atoms with van der Waals surface area (Å²) in [4.78, 5) is 36.3. The number of methoxy groups -OCH3 is 2. The third kappa shape index (κ3) is 7.10. The Morgan fingerprint density at radius 2 is 1.94 bits per heavy atom. The summed E-state index contributed by atoms with van der Waals surface area (Å²) >= 11 is 3.33. The van der Waals surface area contributed by atoms with E-state index >= 15 is 0 Å². The van der Waals surface area contributed by atoms with Gasteiger partial charge in [0.25, 0.3) is 5.91 Å². The molecule has 2 aromatic carbocycles. The normalized spacial score (nSPS) is 11.5. The first-order chi connectivity index (χ1) is 15.8. The maximum atomic E-state index is 12.3. The van der Waals surface area contributed by atoms with Gasteiger partial charge in [0.05, 0.1) is 31.2 Å². The minimum atomic E-state index is -1.14. The van der Waals surface area contributed by atoms with Crippen molar-refractivity contribution in [3.63, 3.8) is 0 Å². The van der Waals surface area contributed by atoms with E-state index < -0.39 is 23.7 Å². The van der Waals surface area contributed by atoms with Gasteiger partial charge in [-0.25, -0.2) is 0 Å². The van der Waals surface area contributed by atoms with Crippen molar-refractivity contribution in [3.05, 3.63) is 52.0 Å². The van der Waals surface area contributed by atoms with E-state index in [1.165, 1.54) is 26.6 Å². The van der Waals surface area contributed by atoms with Crippen molar-refractivity contribution >= 4 is 45.7 Å². The van der Waals surface area contributed by atoms with Crippen LogP contribution in [0.5, 0.6) is 11.5 Å². The van der Waals surface area contributed by atoms with Gasteiger partial charge in [0.1, 0.15) is 6.34 Å². The van der Waals surface area contributed by atoms with Crippen LogP contribution in [0, 0.1) is 0 Å². The van der Waals surface area contributed by atoms with E-state index in [1.54, 1.807) is 30.3 Å². The Balaban J connectivity index is 1.99. The molecule has 0 aliphatic heterocycles. The van der Waals surface area contributed by atoms with Gasteiger partial charge in [0.15, 0.2) is 11.5 Å². The number of hydrogen-bond acceptors (Lipinski definition) is 7. The number of halogens is 1. The van der Waals surface area contributed by atoms with Gasteiger partial charge in [0.2, 0.25) is 5.91 Å². The van der Waals surface area contributed by atoms with Crippen molar-refractivity contribution in [3.8, 4) is 11.5 Å². The molecule has 12 heteroatoms. The quantitative estimate of drug-likeness (QED) is 0.128. The molecule has 0 radical (unpaired) electrons. The second-order valence-electron chi connectivity index (χ2n) is 6.62. The summed E-state index contributed by atoms with van der Waals surface area (Å²) in [6.07, 6.45) is 1.26. The molecule has 11 nitrogen and oxygen atoms in total. The van der Waals surface area contributed by atoms with Crippen LogP contribution in [0.1, 0.15) is 21.8 Å². The fourth-order valence-corrected chi connectivity index (χ4v) is 3.51. The summed E-state index contributed by atoms with van der Waals surface area (Å²) in [5, 5.41) is 20.8. The van der Waals surface area contributed by atoms with Crippen molar-refractivity contribution in [1.82, 2.24) is 10.6 Å². The minimum absolute atomic E-state index is 0.191. The molecular formula is C21H24BrN5O6. The second-order valence-corrected chi connectivity index (χ2v) is 7.47. The molecule has 1 unspecified atom stereocenters. The van der Waals surface area contributed by atoms with Gasteiger partial charge in [-0.05, 0) is 51.8 Å². The molecule has 0 fully saturated rings. The number of hydrogen-bond donors (Lipinski definition) is 5. The lowest BCUT2D eigenvalue weighted by Crippen LogP contribution is -2.39. The maximum Gasteiger partial charge on any atom is 0.312 e. The van der Waals surface area contributed by atoms with Crippen LogP contribution >= 0.6 is 15.9 Å². The number of benzene rings is 2. The van der Waals surface area contributed by atoms with E-state index in [1.807, 2.05) is 0 Å². The number of nitrogens with two attached hydrogens (primary N) is 1. The number of carboxylic acids is 1. The number of amides is 2. The van der Waals surface area contributed by atoms with Crippen LogP contribution < -0.4 is 31.3 Å². The van der Waals surface area contributed by atoms with Gasteiger partial charge >= 0.3 is 5.97 Å². The number of nitrogens with zero attached hydrogens (tertiary/aromatic N) is 1. The number of carboxylic acid groups (broad SMARTS) is 1. The van der Waals surface area contributed by atoms with Crippen molar-refractivity contribution in [2.75, 3.05) is 32.6 Å². The molecule has 0 saturated heterocycles. The molecule has 0 saturated carbocycles. The number of nitrogens with one attached hydrogen (secondary N) is 3. The van der Waals surface area contributed by atoms with Gasteiger partial charge in [-0.1, -0.05) is 6.07 Å². The van der Waals surface area contributed by atoms with E-state index in [2.05, 4.69) is 37.0 Å². The molecule has 0 heterocycles. The molecule has 0 aliphatic carbocycles. The molecule has 6 N–H and O–H groups in total. The predicted molar refractivity (Wildman–Crippen MR) is 126 cm³/mol. The molecule has 2 aromatic rings. The zero-order chi connectivity index (χ0) is 24.4. The standard InChI is InChI=1S/C21H24BrN5O6/c1-32-17-8-13(7-16(22)19(17)33-2)15(21(30)31)9-24-18(28)10-25-20(29)12-4-3-5-14(6-12)26-11-27-23/h3-8,11,15H,9-10,23H2,1-2H3,(H,24,28)(H,25,29)(H,26,27)(H,30,31). The summed E-state index contributed by atoms with van der Waals surface area (Å²) in [7, 11) is 2.90. The molecule has 176 valence electrons. The molecule has 1 atom stereocenters. The van der Waals surface area contributed by atoms with Crippen LogP contribution in [0.25, 0.3) is 0 Å². The number of ether oxygens (including phenoxy) is 2. The van der Waals surface area contributed by atoms with E-state index in [4.69, 9.17) is 15.3 Å². The number of rotatable bonds is 11. The summed E-state index contributed by atoms with van der Waals surface area (Å²) in [6.45, 7) is -0.521. The zero-order valence-corrected chi connectivity index (χ0v) is 19.5. The Labute approximate surface area is 198 Å². The van der Waals surface area contributed by atoms with Crippen molar-refractivity contribution in [2.45, 2.75) is 5.92 Å². The third-order valence-electron chi connectivity index (χ3n) is 4.50. The number of carbonyl (C=O) groups is 3. The van der Waals surface area contributed by atoms with Crippen LogP contribution in [0.15, 0.2) is 46.0 Å². The van der Waals surface area contributed by atoms with Gasteiger partial charge in [-0.2, -0.15) is 5.10 Å². The Morgan fingerprint density at radius 1 is 1.18 bits per heavy atom. The van der Waals surface area contributed by atoms with Crippen LogP contribution in [-0.4, -0.2) is 56.5 Å². The van der Waals surface area contributed by atoms with E-state index in [0.717, 1.165) is 0 Å².